The third-order valence-corrected chi connectivity index (χ3v) is 2.22. The van der Waals surface area contributed by atoms with Crippen LogP contribution in [-0.4, -0.2) is 30.4 Å². The van der Waals surface area contributed by atoms with Crippen molar-refractivity contribution in [2.24, 2.45) is 5.11 Å². The predicted molar refractivity (Wildman–Crippen MR) is 44.4 cm³/mol. The third-order valence-electron chi connectivity index (χ3n) is 2.22. The van der Waals surface area contributed by atoms with Crippen molar-refractivity contribution in [2.45, 2.75) is 24.8 Å². The molecule has 5 nitrogen and oxygen atoms in total. The molecule has 1 aliphatic rings. The largest absolute Gasteiger partial charge is 0.348 e. The van der Waals surface area contributed by atoms with Crippen LogP contribution in [0.3, 0.4) is 0 Å². The van der Waals surface area contributed by atoms with Gasteiger partial charge in [0.15, 0.2) is 0 Å². The molecule has 0 aromatic carbocycles. The zero-order valence-electron chi connectivity index (χ0n) is 7.32. The number of amides is 1. The molecule has 1 amide bonds. The Labute approximate surface area is 71.0 Å². The first-order valence-electron chi connectivity index (χ1n) is 3.90. The van der Waals surface area contributed by atoms with Gasteiger partial charge in [-0.05, 0) is 18.4 Å². The number of likely N-dealkylation sites (N-methyl/N-ethyl adjacent to an activating group) is 1. The van der Waals surface area contributed by atoms with E-state index in [0.29, 0.717) is 12.8 Å². The highest BCUT2D eigenvalue weighted by molar-refractivity contribution is 5.87. The van der Waals surface area contributed by atoms with E-state index >= 15 is 0 Å². The van der Waals surface area contributed by atoms with Crippen LogP contribution in [-0.2, 0) is 4.79 Å². The van der Waals surface area contributed by atoms with E-state index in [9.17, 15) is 4.79 Å². The standard InChI is InChI=1S/C7H12N4O/c1-11(2)6(12)7(9-10-8)4-3-5-7/h3-5H2,1-2H3. The van der Waals surface area contributed by atoms with Gasteiger partial charge in [-0.2, -0.15) is 0 Å². The Morgan fingerprint density at radius 3 is 2.42 bits per heavy atom. The molecule has 0 saturated heterocycles. The molecular weight excluding hydrogens is 156 g/mol. The van der Waals surface area contributed by atoms with Gasteiger partial charge in [0.1, 0.15) is 5.54 Å². The minimum absolute atomic E-state index is 0.0773. The topological polar surface area (TPSA) is 69.1 Å². The summed E-state index contributed by atoms with van der Waals surface area (Å²) < 4.78 is 0. The van der Waals surface area contributed by atoms with E-state index in [1.807, 2.05) is 0 Å². The Bertz CT molecular complexity index is 238. The summed E-state index contributed by atoms with van der Waals surface area (Å²) in [4.78, 5) is 15.7. The van der Waals surface area contributed by atoms with Crippen molar-refractivity contribution >= 4 is 5.91 Å². The number of carbonyl (C=O) groups is 1. The van der Waals surface area contributed by atoms with Gasteiger partial charge in [-0.1, -0.05) is 11.5 Å². The first kappa shape index (κ1) is 8.87. The molecule has 0 unspecified atom stereocenters. The van der Waals surface area contributed by atoms with Crippen molar-refractivity contribution in [3.63, 3.8) is 0 Å². The molecule has 0 aromatic rings. The fourth-order valence-corrected chi connectivity index (χ4v) is 1.37. The number of carbonyl (C=O) groups excluding carboxylic acids is 1. The van der Waals surface area contributed by atoms with Crippen molar-refractivity contribution in [1.29, 1.82) is 0 Å². The number of nitrogens with zero attached hydrogens (tertiary/aromatic N) is 4. The van der Waals surface area contributed by atoms with Crippen LogP contribution in [0.25, 0.3) is 10.4 Å². The molecule has 1 saturated carbocycles. The second-order valence-electron chi connectivity index (χ2n) is 3.27. The molecule has 0 aliphatic heterocycles. The molecule has 0 bridgehead atoms. The van der Waals surface area contributed by atoms with Gasteiger partial charge in [-0.25, -0.2) is 0 Å². The van der Waals surface area contributed by atoms with Gasteiger partial charge in [0.2, 0.25) is 5.91 Å². The van der Waals surface area contributed by atoms with Crippen molar-refractivity contribution in [3.05, 3.63) is 10.4 Å². The minimum Gasteiger partial charge on any atom is -0.348 e. The highest BCUT2D eigenvalue weighted by Gasteiger charge is 2.44. The molecular formula is C7H12N4O. The summed E-state index contributed by atoms with van der Waals surface area (Å²) in [7, 11) is 3.35. The van der Waals surface area contributed by atoms with Crippen molar-refractivity contribution in [1.82, 2.24) is 4.90 Å². The average molecular weight is 168 g/mol. The number of hydrogen-bond donors (Lipinski definition) is 0. The van der Waals surface area contributed by atoms with Crippen LogP contribution in [0.15, 0.2) is 5.11 Å². The molecule has 1 aliphatic carbocycles. The van der Waals surface area contributed by atoms with Gasteiger partial charge >= 0.3 is 0 Å². The van der Waals surface area contributed by atoms with Gasteiger partial charge in [0.25, 0.3) is 0 Å². The average Bonchev–Trinajstić information content (AvgIpc) is 1.95. The first-order valence-corrected chi connectivity index (χ1v) is 3.90. The maximum Gasteiger partial charge on any atom is 0.234 e. The molecule has 66 valence electrons. The van der Waals surface area contributed by atoms with Crippen LogP contribution in [0.2, 0.25) is 0 Å². The van der Waals surface area contributed by atoms with Crippen LogP contribution in [0.5, 0.6) is 0 Å². The number of hydrogen-bond acceptors (Lipinski definition) is 2. The van der Waals surface area contributed by atoms with Crippen LogP contribution in [0, 0.1) is 0 Å². The second kappa shape index (κ2) is 3.03. The Morgan fingerprint density at radius 1 is 1.58 bits per heavy atom. The molecule has 0 radical (unpaired) electrons. The highest BCUT2D eigenvalue weighted by atomic mass is 16.2. The molecule has 0 atom stereocenters. The van der Waals surface area contributed by atoms with Crippen molar-refractivity contribution in [3.8, 4) is 0 Å². The Hall–Kier alpha value is -1.22. The Balaban J connectivity index is 2.80. The van der Waals surface area contributed by atoms with E-state index in [1.165, 1.54) is 4.90 Å². The summed E-state index contributed by atoms with van der Waals surface area (Å²) in [5.74, 6) is -0.0773. The third kappa shape index (κ3) is 1.23. The second-order valence-corrected chi connectivity index (χ2v) is 3.27. The van der Waals surface area contributed by atoms with Crippen LogP contribution >= 0.6 is 0 Å². The van der Waals surface area contributed by atoms with E-state index < -0.39 is 5.54 Å². The zero-order chi connectivity index (χ0) is 9.19. The summed E-state index contributed by atoms with van der Waals surface area (Å²) in [5.41, 5.74) is 7.53. The summed E-state index contributed by atoms with van der Waals surface area (Å²) in [6.07, 6.45) is 2.35. The summed E-state index contributed by atoms with van der Waals surface area (Å²) in [5, 5.41) is 3.57. The van der Waals surface area contributed by atoms with Gasteiger partial charge in [-0.15, -0.1) is 0 Å². The van der Waals surface area contributed by atoms with Gasteiger partial charge < -0.3 is 4.90 Å². The van der Waals surface area contributed by atoms with E-state index in [4.69, 9.17) is 5.53 Å². The maximum atomic E-state index is 11.5. The Kier molecular flexibility index (Phi) is 2.24. The van der Waals surface area contributed by atoms with Crippen LogP contribution in [0.4, 0.5) is 0 Å². The SMILES string of the molecule is CN(C)C(=O)C1(N=[N+]=[N-])CCC1. The smallest absolute Gasteiger partial charge is 0.234 e. The molecule has 12 heavy (non-hydrogen) atoms. The molecule has 0 heterocycles. The normalized spacial score (nSPS) is 18.8. The predicted octanol–water partition coefficient (Wildman–Crippen LogP) is 1.31. The van der Waals surface area contributed by atoms with Crippen molar-refractivity contribution < 1.29 is 4.79 Å². The molecule has 0 spiro atoms. The highest BCUT2D eigenvalue weighted by Crippen LogP contribution is 2.37. The molecule has 1 fully saturated rings. The fraction of sp³-hybridized carbons (Fsp3) is 0.857. The van der Waals surface area contributed by atoms with E-state index in [2.05, 4.69) is 10.0 Å². The Morgan fingerprint density at radius 2 is 2.17 bits per heavy atom. The monoisotopic (exact) mass is 168 g/mol. The molecule has 0 N–H and O–H groups in total. The number of rotatable bonds is 2. The summed E-state index contributed by atoms with van der Waals surface area (Å²) in [6, 6.07) is 0. The van der Waals surface area contributed by atoms with E-state index in [0.717, 1.165) is 6.42 Å². The van der Waals surface area contributed by atoms with Gasteiger partial charge in [-0.3, -0.25) is 4.79 Å². The van der Waals surface area contributed by atoms with Crippen molar-refractivity contribution in [2.75, 3.05) is 14.1 Å². The number of azide groups is 1. The maximum absolute atomic E-state index is 11.5. The van der Waals surface area contributed by atoms with E-state index in [1.54, 1.807) is 14.1 Å². The lowest BCUT2D eigenvalue weighted by Gasteiger charge is -2.37. The molecule has 0 aromatic heterocycles. The zero-order valence-corrected chi connectivity index (χ0v) is 7.32. The molecule has 1 rings (SSSR count). The summed E-state index contributed by atoms with van der Waals surface area (Å²) in [6.45, 7) is 0. The minimum atomic E-state index is -0.752. The lowest BCUT2D eigenvalue weighted by molar-refractivity contribution is -0.137. The lowest BCUT2D eigenvalue weighted by atomic mass is 9.76. The quantitative estimate of drug-likeness (QED) is 0.348. The lowest BCUT2D eigenvalue weighted by Crippen LogP contribution is -2.49. The molecule has 5 heteroatoms. The fourth-order valence-electron chi connectivity index (χ4n) is 1.37. The summed E-state index contributed by atoms with van der Waals surface area (Å²) >= 11 is 0. The van der Waals surface area contributed by atoms with E-state index in [-0.39, 0.29) is 5.91 Å². The van der Waals surface area contributed by atoms with Crippen LogP contribution in [0.1, 0.15) is 19.3 Å². The van der Waals surface area contributed by atoms with Gasteiger partial charge in [0.05, 0.1) is 0 Å². The first-order chi connectivity index (χ1) is 5.62. The van der Waals surface area contributed by atoms with Gasteiger partial charge in [0, 0.05) is 19.0 Å². The van der Waals surface area contributed by atoms with Crippen LogP contribution < -0.4 is 0 Å².